The molecule has 0 aliphatic heterocycles. The monoisotopic (exact) mass is 239 g/mol. The molecular weight excluding hydrogens is 218 g/mol. The first-order chi connectivity index (χ1) is 7.96. The van der Waals surface area contributed by atoms with Crippen LogP contribution in [0.25, 0.3) is 0 Å². The van der Waals surface area contributed by atoms with Gasteiger partial charge >= 0.3 is 5.97 Å². The molecule has 1 aromatic heterocycles. The Bertz CT molecular complexity index is 400. The standard InChI is InChI=1S/C12H21N3O2/c1-5-15-10(6-9(2)14-15)7-12(3,8-13)11(16)17-4/h6H,5,7-8,13H2,1-4H3. The third-order valence-electron chi connectivity index (χ3n) is 2.99. The largest absolute Gasteiger partial charge is 0.469 e. The van der Waals surface area contributed by atoms with E-state index in [1.54, 1.807) is 0 Å². The summed E-state index contributed by atoms with van der Waals surface area (Å²) in [5, 5.41) is 4.36. The number of carbonyl (C=O) groups is 1. The van der Waals surface area contributed by atoms with Crippen molar-refractivity contribution in [1.82, 2.24) is 9.78 Å². The SMILES string of the molecule is CCn1nc(C)cc1CC(C)(CN)C(=O)OC. The highest BCUT2D eigenvalue weighted by Crippen LogP contribution is 2.23. The fourth-order valence-corrected chi connectivity index (χ4v) is 1.89. The second-order valence-electron chi connectivity index (χ2n) is 4.53. The van der Waals surface area contributed by atoms with Gasteiger partial charge in [0.1, 0.15) is 0 Å². The van der Waals surface area contributed by atoms with Crippen molar-refractivity contribution in [2.45, 2.75) is 33.7 Å². The van der Waals surface area contributed by atoms with E-state index in [2.05, 4.69) is 5.10 Å². The summed E-state index contributed by atoms with van der Waals surface area (Å²) in [6.07, 6.45) is 0.546. The van der Waals surface area contributed by atoms with Gasteiger partial charge < -0.3 is 10.5 Å². The van der Waals surface area contributed by atoms with Gasteiger partial charge in [-0.15, -0.1) is 0 Å². The summed E-state index contributed by atoms with van der Waals surface area (Å²) in [4.78, 5) is 11.7. The van der Waals surface area contributed by atoms with Crippen LogP contribution >= 0.6 is 0 Å². The van der Waals surface area contributed by atoms with E-state index in [0.717, 1.165) is 17.9 Å². The summed E-state index contributed by atoms with van der Waals surface area (Å²) in [6.45, 7) is 6.82. The number of nitrogens with two attached hydrogens (primary N) is 1. The van der Waals surface area contributed by atoms with Crippen LogP contribution in [0.3, 0.4) is 0 Å². The van der Waals surface area contributed by atoms with Crippen LogP contribution in [0.5, 0.6) is 0 Å². The molecule has 0 aliphatic carbocycles. The molecule has 1 rings (SSSR count). The maximum Gasteiger partial charge on any atom is 0.313 e. The maximum atomic E-state index is 11.7. The summed E-state index contributed by atoms with van der Waals surface area (Å²) < 4.78 is 6.71. The van der Waals surface area contributed by atoms with Crippen LogP contribution in [-0.4, -0.2) is 29.4 Å². The van der Waals surface area contributed by atoms with Gasteiger partial charge in [-0.2, -0.15) is 5.10 Å². The second kappa shape index (κ2) is 5.31. The van der Waals surface area contributed by atoms with Crippen molar-refractivity contribution in [1.29, 1.82) is 0 Å². The number of aromatic nitrogens is 2. The first kappa shape index (κ1) is 13.7. The molecule has 0 amide bonds. The van der Waals surface area contributed by atoms with Crippen LogP contribution in [0.15, 0.2) is 6.07 Å². The van der Waals surface area contributed by atoms with E-state index in [4.69, 9.17) is 10.5 Å². The average Bonchev–Trinajstić information content (AvgIpc) is 2.67. The van der Waals surface area contributed by atoms with Gasteiger partial charge in [0.25, 0.3) is 0 Å². The minimum Gasteiger partial charge on any atom is -0.469 e. The van der Waals surface area contributed by atoms with Gasteiger partial charge in [0.2, 0.25) is 0 Å². The van der Waals surface area contributed by atoms with Gasteiger partial charge in [0.15, 0.2) is 0 Å². The predicted molar refractivity (Wildman–Crippen MR) is 65.5 cm³/mol. The molecular formula is C12H21N3O2. The van der Waals surface area contributed by atoms with Crippen LogP contribution < -0.4 is 5.73 Å². The lowest BCUT2D eigenvalue weighted by atomic mass is 9.85. The number of aryl methyl sites for hydroxylation is 2. The van der Waals surface area contributed by atoms with E-state index >= 15 is 0 Å². The van der Waals surface area contributed by atoms with E-state index in [1.165, 1.54) is 7.11 Å². The van der Waals surface area contributed by atoms with Crippen molar-refractivity contribution in [2.24, 2.45) is 11.1 Å². The molecule has 1 heterocycles. The number of nitrogens with zero attached hydrogens (tertiary/aromatic N) is 2. The van der Waals surface area contributed by atoms with Gasteiger partial charge in [-0.1, -0.05) is 0 Å². The molecule has 0 bridgehead atoms. The van der Waals surface area contributed by atoms with Crippen molar-refractivity contribution in [3.8, 4) is 0 Å². The Morgan fingerprint density at radius 3 is 2.76 bits per heavy atom. The molecule has 1 atom stereocenters. The molecule has 17 heavy (non-hydrogen) atoms. The van der Waals surface area contributed by atoms with E-state index < -0.39 is 5.41 Å². The normalized spacial score (nSPS) is 14.4. The number of hydrogen-bond acceptors (Lipinski definition) is 4. The zero-order valence-corrected chi connectivity index (χ0v) is 11.0. The lowest BCUT2D eigenvalue weighted by Gasteiger charge is -2.24. The van der Waals surface area contributed by atoms with Crippen molar-refractivity contribution >= 4 is 5.97 Å². The number of rotatable bonds is 5. The molecule has 1 aromatic rings. The van der Waals surface area contributed by atoms with Crippen LogP contribution in [-0.2, 0) is 22.5 Å². The fourth-order valence-electron chi connectivity index (χ4n) is 1.89. The fraction of sp³-hybridized carbons (Fsp3) is 0.667. The highest BCUT2D eigenvalue weighted by Gasteiger charge is 2.34. The molecule has 5 nitrogen and oxygen atoms in total. The summed E-state index contributed by atoms with van der Waals surface area (Å²) in [7, 11) is 1.39. The molecule has 2 N–H and O–H groups in total. The van der Waals surface area contributed by atoms with Gasteiger partial charge in [-0.05, 0) is 26.8 Å². The Hall–Kier alpha value is -1.36. The summed E-state index contributed by atoms with van der Waals surface area (Å²) in [5.41, 5.74) is 6.98. The molecule has 0 aromatic carbocycles. The van der Waals surface area contributed by atoms with E-state index in [-0.39, 0.29) is 12.5 Å². The van der Waals surface area contributed by atoms with E-state index in [9.17, 15) is 4.79 Å². The first-order valence-corrected chi connectivity index (χ1v) is 5.78. The minimum atomic E-state index is -0.686. The minimum absolute atomic E-state index is 0.258. The van der Waals surface area contributed by atoms with Gasteiger partial charge in [0, 0.05) is 25.2 Å². The molecule has 0 saturated heterocycles. The van der Waals surface area contributed by atoms with Gasteiger partial charge in [-0.3, -0.25) is 9.48 Å². The molecule has 0 radical (unpaired) electrons. The van der Waals surface area contributed by atoms with E-state index in [0.29, 0.717) is 6.42 Å². The molecule has 0 spiro atoms. The highest BCUT2D eigenvalue weighted by atomic mass is 16.5. The molecule has 5 heteroatoms. The first-order valence-electron chi connectivity index (χ1n) is 5.78. The molecule has 0 fully saturated rings. The third kappa shape index (κ3) is 2.85. The smallest absolute Gasteiger partial charge is 0.313 e. The van der Waals surface area contributed by atoms with Crippen LogP contribution in [0, 0.1) is 12.3 Å². The van der Waals surface area contributed by atoms with Crippen LogP contribution in [0.1, 0.15) is 25.2 Å². The lowest BCUT2D eigenvalue weighted by Crippen LogP contribution is -2.39. The average molecular weight is 239 g/mol. The number of carbonyl (C=O) groups excluding carboxylic acids is 1. The topological polar surface area (TPSA) is 70.1 Å². The Kier molecular flexibility index (Phi) is 4.28. The summed E-state index contributed by atoms with van der Waals surface area (Å²) in [5.74, 6) is -0.276. The Morgan fingerprint density at radius 2 is 2.29 bits per heavy atom. The van der Waals surface area contributed by atoms with Gasteiger partial charge in [0.05, 0.1) is 18.2 Å². The lowest BCUT2D eigenvalue weighted by molar-refractivity contribution is -0.151. The Balaban J connectivity index is 2.98. The Labute approximate surface area is 102 Å². The number of methoxy groups -OCH3 is 1. The number of esters is 1. The second-order valence-corrected chi connectivity index (χ2v) is 4.53. The summed E-state index contributed by atoms with van der Waals surface area (Å²) in [6, 6.07) is 1.99. The quantitative estimate of drug-likeness (QED) is 0.775. The van der Waals surface area contributed by atoms with Crippen LogP contribution in [0.2, 0.25) is 0 Å². The Morgan fingerprint density at radius 1 is 1.65 bits per heavy atom. The predicted octanol–water partition coefficient (Wildman–Crippen LogP) is 0.892. The van der Waals surface area contributed by atoms with Crippen LogP contribution in [0.4, 0.5) is 0 Å². The van der Waals surface area contributed by atoms with Gasteiger partial charge in [-0.25, -0.2) is 0 Å². The third-order valence-corrected chi connectivity index (χ3v) is 2.99. The zero-order valence-electron chi connectivity index (χ0n) is 11.0. The molecule has 96 valence electrons. The summed E-state index contributed by atoms with van der Waals surface area (Å²) >= 11 is 0. The highest BCUT2D eigenvalue weighted by molar-refractivity contribution is 5.76. The van der Waals surface area contributed by atoms with Crippen molar-refractivity contribution in [3.05, 3.63) is 17.5 Å². The number of ether oxygens (including phenoxy) is 1. The van der Waals surface area contributed by atoms with Crippen molar-refractivity contribution in [3.63, 3.8) is 0 Å². The van der Waals surface area contributed by atoms with Crippen molar-refractivity contribution in [2.75, 3.05) is 13.7 Å². The zero-order chi connectivity index (χ0) is 13.1. The van der Waals surface area contributed by atoms with Crippen molar-refractivity contribution < 1.29 is 9.53 Å². The maximum absolute atomic E-state index is 11.7. The molecule has 0 aliphatic rings. The molecule has 1 unspecified atom stereocenters. The molecule has 0 saturated carbocycles. The van der Waals surface area contributed by atoms with E-state index in [1.807, 2.05) is 31.5 Å². The number of hydrogen-bond donors (Lipinski definition) is 1.